The van der Waals surface area contributed by atoms with Crippen molar-refractivity contribution < 1.29 is 19.2 Å². The van der Waals surface area contributed by atoms with Crippen molar-refractivity contribution in [2.75, 3.05) is 13.1 Å². The number of amides is 3. The summed E-state index contributed by atoms with van der Waals surface area (Å²) in [6.07, 6.45) is 3.19. The first-order chi connectivity index (χ1) is 15.9. The van der Waals surface area contributed by atoms with Crippen molar-refractivity contribution in [2.24, 2.45) is 22.2 Å². The molecule has 3 atom stereocenters. The summed E-state index contributed by atoms with van der Waals surface area (Å²) in [4.78, 5) is 56.5. The summed E-state index contributed by atoms with van der Waals surface area (Å²) < 4.78 is 0. The Morgan fingerprint density at radius 2 is 1.34 bits per heavy atom. The third kappa shape index (κ3) is 6.65. The number of rotatable bonds is 7. The van der Waals surface area contributed by atoms with E-state index in [-0.39, 0.29) is 40.3 Å². The van der Waals surface area contributed by atoms with Crippen LogP contribution >= 0.6 is 0 Å². The lowest BCUT2D eigenvalue weighted by Gasteiger charge is -2.40. The normalized spacial score (nSPS) is 22.5. The summed E-state index contributed by atoms with van der Waals surface area (Å²) in [5, 5.41) is 2.98. The molecule has 0 aromatic carbocycles. The molecule has 2 aliphatic heterocycles. The minimum Gasteiger partial charge on any atom is -0.342 e. The van der Waals surface area contributed by atoms with Crippen LogP contribution in [0.25, 0.3) is 0 Å². The fourth-order valence-electron chi connectivity index (χ4n) is 4.83. The molecule has 2 saturated heterocycles. The Bertz CT molecular complexity index is 819. The lowest BCUT2D eigenvalue weighted by molar-refractivity contribution is -0.146. The van der Waals surface area contributed by atoms with E-state index in [0.29, 0.717) is 32.4 Å². The molecule has 1 N–H and O–H groups in total. The second-order valence-corrected chi connectivity index (χ2v) is 13.6. The molecule has 2 heterocycles. The third-order valence-electron chi connectivity index (χ3n) is 8.31. The van der Waals surface area contributed by atoms with Crippen LogP contribution in [0.3, 0.4) is 0 Å². The van der Waals surface area contributed by atoms with Gasteiger partial charge in [0.25, 0.3) is 0 Å². The molecular weight excluding hydrogens is 442 g/mol. The van der Waals surface area contributed by atoms with Gasteiger partial charge >= 0.3 is 0 Å². The third-order valence-corrected chi connectivity index (χ3v) is 8.31. The van der Waals surface area contributed by atoms with Gasteiger partial charge in [-0.3, -0.25) is 19.2 Å². The Morgan fingerprint density at radius 3 is 1.83 bits per heavy atom. The highest BCUT2D eigenvalue weighted by atomic mass is 16.2. The largest absolute Gasteiger partial charge is 0.342 e. The SMILES string of the molecule is CC(C)C(NC(=O)C1CCCN1C(=O)CC(C)(C)C(C)(C)C)C(=O)N1CCCC1C(=O)C(C)(C)C. The first kappa shape index (κ1) is 29.3. The highest BCUT2D eigenvalue weighted by Crippen LogP contribution is 2.41. The van der Waals surface area contributed by atoms with Crippen LogP contribution in [0.4, 0.5) is 0 Å². The van der Waals surface area contributed by atoms with Crippen molar-refractivity contribution in [3.63, 3.8) is 0 Å². The van der Waals surface area contributed by atoms with E-state index in [0.717, 1.165) is 12.8 Å². The molecule has 0 bridgehead atoms. The van der Waals surface area contributed by atoms with Gasteiger partial charge in [0.05, 0.1) is 6.04 Å². The first-order valence-electron chi connectivity index (χ1n) is 13.3. The van der Waals surface area contributed by atoms with Crippen LogP contribution in [0, 0.1) is 22.2 Å². The minimum atomic E-state index is -0.723. The number of nitrogens with zero attached hydrogens (tertiary/aromatic N) is 2. The van der Waals surface area contributed by atoms with Gasteiger partial charge in [-0.2, -0.15) is 0 Å². The molecule has 0 aliphatic carbocycles. The molecule has 35 heavy (non-hydrogen) atoms. The van der Waals surface area contributed by atoms with Gasteiger partial charge in [0.2, 0.25) is 17.7 Å². The predicted molar refractivity (Wildman–Crippen MR) is 139 cm³/mol. The van der Waals surface area contributed by atoms with Gasteiger partial charge < -0.3 is 15.1 Å². The molecular formula is C28H49N3O4. The van der Waals surface area contributed by atoms with Gasteiger partial charge in [-0.1, -0.05) is 69.2 Å². The van der Waals surface area contributed by atoms with E-state index < -0.39 is 23.5 Å². The maximum absolute atomic E-state index is 13.6. The Hall–Kier alpha value is -1.92. The molecule has 0 spiro atoms. The highest BCUT2D eigenvalue weighted by Gasteiger charge is 2.44. The van der Waals surface area contributed by atoms with Crippen molar-refractivity contribution in [3.8, 4) is 0 Å². The standard InChI is InChI=1S/C28H49N3O4/c1-18(2)22(25(35)31-16-11-13-19(31)23(33)26(3,4)5)29-24(34)20-14-12-15-30(20)21(32)17-28(9,10)27(6,7)8/h18-20,22H,11-17H2,1-10H3,(H,29,34). The van der Waals surface area contributed by atoms with Crippen LogP contribution < -0.4 is 5.32 Å². The summed E-state index contributed by atoms with van der Waals surface area (Å²) in [6.45, 7) is 21.1. The van der Waals surface area contributed by atoms with Crippen LogP contribution in [-0.2, 0) is 19.2 Å². The summed E-state index contributed by atoms with van der Waals surface area (Å²) >= 11 is 0. The lowest BCUT2D eigenvalue weighted by Crippen LogP contribution is -2.57. The summed E-state index contributed by atoms with van der Waals surface area (Å²) in [6, 6.07) is -1.72. The molecule has 2 fully saturated rings. The van der Waals surface area contributed by atoms with Crippen LogP contribution in [0.15, 0.2) is 0 Å². The Labute approximate surface area is 212 Å². The summed E-state index contributed by atoms with van der Waals surface area (Å²) in [5.74, 6) is -0.549. The molecule has 7 nitrogen and oxygen atoms in total. The molecule has 0 aromatic heterocycles. The number of carbonyl (C=O) groups excluding carboxylic acids is 4. The van der Waals surface area contributed by atoms with Crippen LogP contribution in [0.2, 0.25) is 0 Å². The Balaban J connectivity index is 2.15. The minimum absolute atomic E-state index is 0.00891. The quantitative estimate of drug-likeness (QED) is 0.579. The maximum Gasteiger partial charge on any atom is 0.246 e. The zero-order valence-electron chi connectivity index (χ0n) is 23.8. The molecule has 0 radical (unpaired) electrons. The lowest BCUT2D eigenvalue weighted by atomic mass is 9.67. The summed E-state index contributed by atoms with van der Waals surface area (Å²) in [7, 11) is 0. The Kier molecular flexibility index (Phi) is 8.87. The fraction of sp³-hybridized carbons (Fsp3) is 0.857. The van der Waals surface area contributed by atoms with Crippen molar-refractivity contribution in [1.82, 2.24) is 15.1 Å². The molecule has 200 valence electrons. The van der Waals surface area contributed by atoms with Crippen molar-refractivity contribution in [2.45, 2.75) is 119 Å². The number of hydrogen-bond donors (Lipinski definition) is 1. The van der Waals surface area contributed by atoms with E-state index in [1.807, 2.05) is 34.6 Å². The van der Waals surface area contributed by atoms with E-state index in [4.69, 9.17) is 0 Å². The van der Waals surface area contributed by atoms with Gasteiger partial charge in [-0.05, 0) is 42.4 Å². The zero-order chi connectivity index (χ0) is 26.9. The monoisotopic (exact) mass is 491 g/mol. The topological polar surface area (TPSA) is 86.8 Å². The van der Waals surface area contributed by atoms with E-state index >= 15 is 0 Å². The van der Waals surface area contributed by atoms with Gasteiger partial charge in [0.15, 0.2) is 5.78 Å². The van der Waals surface area contributed by atoms with Gasteiger partial charge in [0, 0.05) is 24.9 Å². The molecule has 3 unspecified atom stereocenters. The van der Waals surface area contributed by atoms with Crippen LogP contribution in [0.1, 0.15) is 101 Å². The molecule has 0 saturated carbocycles. The predicted octanol–water partition coefficient (Wildman–Crippen LogP) is 4.19. The number of carbonyl (C=O) groups is 4. The smallest absolute Gasteiger partial charge is 0.246 e. The van der Waals surface area contributed by atoms with Crippen molar-refractivity contribution >= 4 is 23.5 Å². The van der Waals surface area contributed by atoms with Crippen LogP contribution in [-0.4, -0.2) is 64.5 Å². The molecule has 3 amide bonds. The van der Waals surface area contributed by atoms with E-state index in [9.17, 15) is 19.2 Å². The van der Waals surface area contributed by atoms with Gasteiger partial charge in [-0.25, -0.2) is 0 Å². The number of Topliss-reactive ketones (excluding diaryl/α,β-unsaturated/α-hetero) is 1. The van der Waals surface area contributed by atoms with Crippen molar-refractivity contribution in [3.05, 3.63) is 0 Å². The zero-order valence-corrected chi connectivity index (χ0v) is 23.8. The van der Waals surface area contributed by atoms with Gasteiger partial charge in [-0.15, -0.1) is 0 Å². The van der Waals surface area contributed by atoms with E-state index in [1.54, 1.807) is 9.80 Å². The van der Waals surface area contributed by atoms with E-state index in [1.165, 1.54) is 0 Å². The first-order valence-corrected chi connectivity index (χ1v) is 13.3. The molecule has 0 aromatic rings. The average Bonchev–Trinajstić information content (AvgIpc) is 3.38. The van der Waals surface area contributed by atoms with Gasteiger partial charge in [0.1, 0.15) is 12.1 Å². The second-order valence-electron chi connectivity index (χ2n) is 13.6. The number of ketones is 1. The highest BCUT2D eigenvalue weighted by molar-refractivity contribution is 5.96. The average molecular weight is 492 g/mol. The van der Waals surface area contributed by atoms with Crippen LogP contribution in [0.5, 0.6) is 0 Å². The Morgan fingerprint density at radius 1 is 0.829 bits per heavy atom. The number of hydrogen-bond acceptors (Lipinski definition) is 4. The summed E-state index contributed by atoms with van der Waals surface area (Å²) in [5.41, 5.74) is -0.795. The molecule has 2 rings (SSSR count). The maximum atomic E-state index is 13.6. The number of likely N-dealkylation sites (tertiary alicyclic amines) is 2. The fourth-order valence-corrected chi connectivity index (χ4v) is 4.83. The molecule has 2 aliphatic rings. The number of nitrogens with one attached hydrogen (secondary N) is 1. The van der Waals surface area contributed by atoms with E-state index in [2.05, 4.69) is 39.9 Å². The van der Waals surface area contributed by atoms with Crippen molar-refractivity contribution in [1.29, 1.82) is 0 Å². The second kappa shape index (κ2) is 10.6. The molecule has 7 heteroatoms.